The Bertz CT molecular complexity index is 1660. The number of halogens is 1. The number of benzene rings is 2. The molecule has 0 aliphatic carbocycles. The van der Waals surface area contributed by atoms with Gasteiger partial charge in [0.15, 0.2) is 0 Å². The summed E-state index contributed by atoms with van der Waals surface area (Å²) in [6.07, 6.45) is 4.48. The second kappa shape index (κ2) is 13.2. The Hall–Kier alpha value is -4.15. The second-order valence-electron chi connectivity index (χ2n) is 13.1. The molecule has 7 rings (SSSR count). The number of fused-ring (bicyclic) bond motifs is 1. The van der Waals surface area contributed by atoms with E-state index in [0.29, 0.717) is 25.9 Å². The molecule has 3 fully saturated rings. The summed E-state index contributed by atoms with van der Waals surface area (Å²) in [6, 6.07) is 18.5. The van der Waals surface area contributed by atoms with Gasteiger partial charge in [0.05, 0.1) is 5.92 Å². The van der Waals surface area contributed by atoms with Crippen LogP contribution in [-0.2, 0) is 15.0 Å². The maximum absolute atomic E-state index is 13.8. The van der Waals surface area contributed by atoms with Crippen molar-refractivity contribution in [3.63, 3.8) is 0 Å². The summed E-state index contributed by atoms with van der Waals surface area (Å²) in [5.74, 6) is 0.189. The standard InChI is InChI=1S/C36H42ClN7O3/c1-2-36(24-39-33-32(36)30(37)13-14-38-33)26-5-3-6-28(23-26)44-16-4-15-43(35(44)47)22-19-41-17-20-42(21-18-41)27-9-7-25(8-10-27)29-11-12-31(45)40-34(29)46/h3,5-10,13-14,23,29H,2,4,11-12,15-22,24H2,1H3,(H,38,39)(H,40,45,46). The maximum Gasteiger partial charge on any atom is 0.324 e. The van der Waals surface area contributed by atoms with Crippen molar-refractivity contribution in [2.24, 2.45) is 0 Å². The van der Waals surface area contributed by atoms with Gasteiger partial charge < -0.3 is 15.1 Å². The highest BCUT2D eigenvalue weighted by Gasteiger charge is 2.42. The number of nitrogens with one attached hydrogen (secondary N) is 2. The first kappa shape index (κ1) is 31.4. The lowest BCUT2D eigenvalue weighted by Gasteiger charge is -2.39. The number of hydrogen-bond acceptors (Lipinski definition) is 7. The van der Waals surface area contributed by atoms with Crippen LogP contribution in [0.15, 0.2) is 60.8 Å². The van der Waals surface area contributed by atoms with E-state index in [1.807, 2.05) is 34.1 Å². The third-order valence-corrected chi connectivity index (χ3v) is 10.8. The molecule has 1 aromatic heterocycles. The van der Waals surface area contributed by atoms with Crippen molar-refractivity contribution >= 4 is 46.6 Å². The van der Waals surface area contributed by atoms with E-state index in [2.05, 4.69) is 62.7 Å². The maximum atomic E-state index is 13.8. The number of carbonyl (C=O) groups excluding carboxylic acids is 3. The van der Waals surface area contributed by atoms with Crippen LogP contribution in [0.3, 0.4) is 0 Å². The average Bonchev–Trinajstić information content (AvgIpc) is 3.50. The Morgan fingerprint density at radius 3 is 2.51 bits per heavy atom. The Labute approximate surface area is 281 Å². The molecule has 4 amide bonds. The van der Waals surface area contributed by atoms with Crippen molar-refractivity contribution in [2.75, 3.05) is 74.0 Å². The number of piperidine rings is 1. The van der Waals surface area contributed by atoms with E-state index in [4.69, 9.17) is 11.6 Å². The normalized spacial score (nSPS) is 23.5. The predicted octanol–water partition coefficient (Wildman–Crippen LogP) is 4.83. The number of nitrogens with zero attached hydrogens (tertiary/aromatic N) is 5. The number of aromatic nitrogens is 1. The van der Waals surface area contributed by atoms with Crippen molar-refractivity contribution in [2.45, 2.75) is 43.9 Å². The molecule has 3 saturated heterocycles. The number of urea groups is 1. The molecular formula is C36H42ClN7O3. The second-order valence-corrected chi connectivity index (χ2v) is 13.5. The number of carbonyl (C=O) groups is 3. The van der Waals surface area contributed by atoms with Gasteiger partial charge in [0.1, 0.15) is 5.82 Å². The smallest absolute Gasteiger partial charge is 0.324 e. The van der Waals surface area contributed by atoms with E-state index in [1.54, 1.807) is 6.20 Å². The van der Waals surface area contributed by atoms with Crippen LogP contribution in [-0.4, -0.2) is 91.5 Å². The Balaban J connectivity index is 0.947. The zero-order valence-corrected chi connectivity index (χ0v) is 27.6. The molecule has 2 aromatic carbocycles. The zero-order valence-electron chi connectivity index (χ0n) is 26.9. The number of piperazine rings is 1. The largest absolute Gasteiger partial charge is 0.369 e. The van der Waals surface area contributed by atoms with Gasteiger partial charge in [0.25, 0.3) is 0 Å². The van der Waals surface area contributed by atoms with Crippen molar-refractivity contribution in [3.8, 4) is 0 Å². The fraction of sp³-hybridized carbons (Fsp3) is 0.444. The van der Waals surface area contributed by atoms with Crippen LogP contribution in [0.5, 0.6) is 0 Å². The van der Waals surface area contributed by atoms with E-state index < -0.39 is 0 Å². The summed E-state index contributed by atoms with van der Waals surface area (Å²) in [6.45, 7) is 9.58. The molecule has 3 aromatic rings. The first-order valence-corrected chi connectivity index (χ1v) is 17.2. The van der Waals surface area contributed by atoms with Crippen LogP contribution in [0.25, 0.3) is 0 Å². The van der Waals surface area contributed by atoms with E-state index in [9.17, 15) is 14.4 Å². The molecule has 0 spiro atoms. The molecule has 2 atom stereocenters. The minimum Gasteiger partial charge on any atom is -0.369 e. The highest BCUT2D eigenvalue weighted by molar-refractivity contribution is 6.32. The van der Waals surface area contributed by atoms with Gasteiger partial charge in [0, 0.05) is 98.9 Å². The van der Waals surface area contributed by atoms with E-state index in [0.717, 1.165) is 97.6 Å². The molecule has 0 saturated carbocycles. The van der Waals surface area contributed by atoms with Crippen LogP contribution in [0.2, 0.25) is 5.02 Å². The van der Waals surface area contributed by atoms with Gasteiger partial charge in [-0.2, -0.15) is 0 Å². The highest BCUT2D eigenvalue weighted by Crippen LogP contribution is 2.47. The van der Waals surface area contributed by atoms with E-state index >= 15 is 0 Å². The van der Waals surface area contributed by atoms with Crippen molar-refractivity contribution < 1.29 is 14.4 Å². The minimum atomic E-state index is -0.299. The van der Waals surface area contributed by atoms with Crippen molar-refractivity contribution in [1.29, 1.82) is 0 Å². The number of anilines is 3. The number of pyridine rings is 1. The van der Waals surface area contributed by atoms with Gasteiger partial charge in [-0.05, 0) is 60.7 Å². The third kappa shape index (κ3) is 6.05. The lowest BCUT2D eigenvalue weighted by atomic mass is 9.74. The van der Waals surface area contributed by atoms with Crippen LogP contribution < -0.4 is 20.4 Å². The summed E-state index contributed by atoms with van der Waals surface area (Å²) < 4.78 is 0. The fourth-order valence-electron chi connectivity index (χ4n) is 7.72. The van der Waals surface area contributed by atoms with Crippen LogP contribution in [0.4, 0.5) is 22.0 Å². The molecule has 10 nitrogen and oxygen atoms in total. The Kier molecular flexibility index (Phi) is 8.81. The predicted molar refractivity (Wildman–Crippen MR) is 184 cm³/mol. The third-order valence-electron chi connectivity index (χ3n) is 10.5. The number of rotatable bonds is 8. The lowest BCUT2D eigenvalue weighted by Crippen LogP contribution is -2.53. The van der Waals surface area contributed by atoms with Gasteiger partial charge in [-0.25, -0.2) is 9.78 Å². The molecule has 2 unspecified atom stereocenters. The topological polar surface area (TPSA) is 101 Å². The van der Waals surface area contributed by atoms with E-state index in [-0.39, 0.29) is 29.2 Å². The van der Waals surface area contributed by atoms with E-state index in [1.165, 1.54) is 0 Å². The summed E-state index contributed by atoms with van der Waals surface area (Å²) in [7, 11) is 0. The summed E-state index contributed by atoms with van der Waals surface area (Å²) in [4.78, 5) is 50.8. The fourth-order valence-corrected chi connectivity index (χ4v) is 8.05. The van der Waals surface area contributed by atoms with Crippen molar-refractivity contribution in [3.05, 3.63) is 82.5 Å². The molecule has 2 N–H and O–H groups in total. The monoisotopic (exact) mass is 655 g/mol. The molecule has 4 aliphatic rings. The summed E-state index contributed by atoms with van der Waals surface area (Å²) >= 11 is 6.71. The molecule has 11 heteroatoms. The number of imide groups is 1. The SMILES string of the molecule is CCC1(c2cccc(N3CCCN(CCN4CCN(c5ccc(C6CCC(=O)NC6=O)cc5)CC4)C3=O)c2)CNc2nccc(Cl)c21. The summed E-state index contributed by atoms with van der Waals surface area (Å²) in [5, 5.41) is 6.63. The van der Waals surface area contributed by atoms with Gasteiger partial charge >= 0.3 is 6.03 Å². The van der Waals surface area contributed by atoms with Gasteiger partial charge in [-0.15, -0.1) is 0 Å². The van der Waals surface area contributed by atoms with Gasteiger partial charge in [0.2, 0.25) is 11.8 Å². The van der Waals surface area contributed by atoms with Crippen LogP contribution >= 0.6 is 11.6 Å². The van der Waals surface area contributed by atoms with Crippen LogP contribution in [0, 0.1) is 0 Å². The van der Waals surface area contributed by atoms with Crippen LogP contribution in [0.1, 0.15) is 55.2 Å². The molecule has 47 heavy (non-hydrogen) atoms. The minimum absolute atomic E-state index is 0.0679. The number of hydrogen-bond donors (Lipinski definition) is 2. The Morgan fingerprint density at radius 1 is 0.936 bits per heavy atom. The number of amides is 4. The molecule has 246 valence electrons. The summed E-state index contributed by atoms with van der Waals surface area (Å²) in [5.41, 5.74) is 4.91. The quantitative estimate of drug-likeness (QED) is 0.335. The van der Waals surface area contributed by atoms with Gasteiger partial charge in [-0.3, -0.25) is 24.7 Å². The molecule has 4 aliphatic heterocycles. The molecule has 5 heterocycles. The first-order chi connectivity index (χ1) is 22.9. The zero-order chi connectivity index (χ0) is 32.5. The van der Waals surface area contributed by atoms with Gasteiger partial charge in [-0.1, -0.05) is 42.8 Å². The average molecular weight is 656 g/mol. The molecule has 0 bridgehead atoms. The molecular weight excluding hydrogens is 614 g/mol. The van der Waals surface area contributed by atoms with Crippen molar-refractivity contribution in [1.82, 2.24) is 20.1 Å². The lowest BCUT2D eigenvalue weighted by molar-refractivity contribution is -0.134. The highest BCUT2D eigenvalue weighted by atomic mass is 35.5. The Morgan fingerprint density at radius 2 is 1.74 bits per heavy atom. The molecule has 0 radical (unpaired) electrons. The first-order valence-electron chi connectivity index (χ1n) is 16.8.